The highest BCUT2D eigenvalue weighted by Crippen LogP contribution is 2.63. The average molecular weight is 409 g/mol. The lowest BCUT2D eigenvalue weighted by atomic mass is 10.1. The molecule has 4 nitrogen and oxygen atoms in total. The summed E-state index contributed by atoms with van der Waals surface area (Å²) in [4.78, 5) is 18.6. The Morgan fingerprint density at radius 2 is 1.97 bits per heavy atom. The van der Waals surface area contributed by atoms with E-state index in [0.717, 1.165) is 36.8 Å². The Morgan fingerprint density at radius 1 is 1.13 bits per heavy atom. The van der Waals surface area contributed by atoms with Crippen molar-refractivity contribution in [3.8, 4) is 0 Å². The maximum absolute atomic E-state index is 13.5. The molecule has 2 N–H and O–H groups in total. The Labute approximate surface area is 174 Å². The summed E-state index contributed by atoms with van der Waals surface area (Å²) < 4.78 is 27.1. The fraction of sp³-hybridized carbons (Fsp3) is 0.375. The summed E-state index contributed by atoms with van der Waals surface area (Å²) in [7, 11) is 0. The van der Waals surface area contributed by atoms with Crippen LogP contribution in [-0.2, 0) is 6.54 Å². The number of aromatic amines is 1. The number of hydrogen-bond acceptors (Lipinski definition) is 2. The highest BCUT2D eigenvalue weighted by Gasteiger charge is 2.73. The summed E-state index contributed by atoms with van der Waals surface area (Å²) in [5.74, 6) is -0.601. The lowest BCUT2D eigenvalue weighted by Gasteiger charge is -2.32. The SMILES string of the molecule is CCN(C(=O)c1cc2cc(F)ccc2[nH]1)[C@@]12CCC[C@]1(NCc1cccc(F)c1)C2. The van der Waals surface area contributed by atoms with E-state index < -0.39 is 0 Å². The zero-order valence-electron chi connectivity index (χ0n) is 17.0. The van der Waals surface area contributed by atoms with Gasteiger partial charge < -0.3 is 15.2 Å². The quantitative estimate of drug-likeness (QED) is 0.617. The van der Waals surface area contributed by atoms with Gasteiger partial charge in [-0.25, -0.2) is 8.78 Å². The van der Waals surface area contributed by atoms with Crippen LogP contribution in [0.1, 0.15) is 48.7 Å². The van der Waals surface area contributed by atoms with Crippen LogP contribution in [0.2, 0.25) is 0 Å². The number of aromatic nitrogens is 1. The Kier molecular flexibility index (Phi) is 4.43. The summed E-state index contributed by atoms with van der Waals surface area (Å²) in [6, 6.07) is 12.9. The first-order valence-corrected chi connectivity index (χ1v) is 10.6. The van der Waals surface area contributed by atoms with Gasteiger partial charge in [0.15, 0.2) is 0 Å². The number of fused-ring (bicyclic) bond motifs is 2. The second kappa shape index (κ2) is 6.91. The smallest absolute Gasteiger partial charge is 0.270 e. The monoisotopic (exact) mass is 409 g/mol. The van der Waals surface area contributed by atoms with E-state index in [9.17, 15) is 13.6 Å². The van der Waals surface area contributed by atoms with Gasteiger partial charge in [0, 0.05) is 29.5 Å². The minimum atomic E-state index is -0.315. The van der Waals surface area contributed by atoms with Gasteiger partial charge in [-0.3, -0.25) is 4.79 Å². The summed E-state index contributed by atoms with van der Waals surface area (Å²) >= 11 is 0. The van der Waals surface area contributed by atoms with Crippen molar-refractivity contribution < 1.29 is 13.6 Å². The van der Waals surface area contributed by atoms with Gasteiger partial charge in [0.2, 0.25) is 0 Å². The fourth-order valence-electron chi connectivity index (χ4n) is 5.51. The number of carbonyl (C=O) groups is 1. The molecule has 2 fully saturated rings. The first-order chi connectivity index (χ1) is 14.5. The molecule has 2 aliphatic rings. The number of benzene rings is 2. The molecule has 2 aromatic carbocycles. The van der Waals surface area contributed by atoms with Crippen LogP contribution in [0.3, 0.4) is 0 Å². The van der Waals surface area contributed by atoms with Crippen molar-refractivity contribution in [3.05, 3.63) is 71.4 Å². The van der Waals surface area contributed by atoms with Crippen LogP contribution >= 0.6 is 0 Å². The highest BCUT2D eigenvalue weighted by atomic mass is 19.1. The maximum atomic E-state index is 13.5. The molecule has 1 amide bonds. The topological polar surface area (TPSA) is 48.1 Å². The van der Waals surface area contributed by atoms with Gasteiger partial charge in [-0.15, -0.1) is 0 Å². The average Bonchev–Trinajstić information content (AvgIpc) is 3.01. The van der Waals surface area contributed by atoms with Crippen LogP contribution in [0.5, 0.6) is 0 Å². The fourth-order valence-corrected chi connectivity index (χ4v) is 5.51. The lowest BCUT2D eigenvalue weighted by Crippen LogP contribution is -2.49. The number of H-pyrrole nitrogens is 1. The molecule has 30 heavy (non-hydrogen) atoms. The molecule has 2 aliphatic carbocycles. The zero-order chi connectivity index (χ0) is 20.9. The first-order valence-electron chi connectivity index (χ1n) is 10.6. The van der Waals surface area contributed by atoms with Crippen molar-refractivity contribution in [1.29, 1.82) is 0 Å². The van der Waals surface area contributed by atoms with Crippen LogP contribution in [0.15, 0.2) is 48.5 Å². The van der Waals surface area contributed by atoms with Crippen LogP contribution < -0.4 is 5.32 Å². The van der Waals surface area contributed by atoms with E-state index >= 15 is 0 Å². The van der Waals surface area contributed by atoms with Crippen LogP contribution in [0.25, 0.3) is 10.9 Å². The van der Waals surface area contributed by atoms with E-state index in [0.29, 0.717) is 24.2 Å². The standard InChI is InChI=1S/C24H25F2N3O/c1-2-29(22(30)21-13-17-12-19(26)7-8-20(17)28-21)24-10-4-9-23(24,15-24)27-14-16-5-3-6-18(25)11-16/h3,5-8,11-13,27-28H,2,4,9-10,14-15H2,1H3/t23-,24+/m0/s1. The van der Waals surface area contributed by atoms with Gasteiger partial charge in [-0.2, -0.15) is 0 Å². The molecule has 2 atom stereocenters. The summed E-state index contributed by atoms with van der Waals surface area (Å²) in [5, 5.41) is 4.35. The summed E-state index contributed by atoms with van der Waals surface area (Å²) in [5.41, 5.74) is 1.82. The third-order valence-corrected chi connectivity index (χ3v) is 6.97. The Bertz CT molecular complexity index is 1130. The van der Waals surface area contributed by atoms with Gasteiger partial charge in [0.05, 0.1) is 5.54 Å². The number of amides is 1. The molecule has 3 aromatic rings. The normalized spacial score (nSPS) is 24.8. The van der Waals surface area contributed by atoms with Crippen LogP contribution in [-0.4, -0.2) is 33.4 Å². The molecule has 1 aromatic heterocycles. The van der Waals surface area contributed by atoms with E-state index in [-0.39, 0.29) is 28.6 Å². The largest absolute Gasteiger partial charge is 0.351 e. The van der Waals surface area contributed by atoms with Crippen molar-refractivity contribution in [2.24, 2.45) is 0 Å². The third kappa shape index (κ3) is 2.93. The molecular weight excluding hydrogens is 384 g/mol. The van der Waals surface area contributed by atoms with Crippen molar-refractivity contribution in [2.75, 3.05) is 6.54 Å². The lowest BCUT2D eigenvalue weighted by molar-refractivity contribution is 0.0631. The number of likely N-dealkylation sites (N-methyl/N-ethyl adjacent to an activating group) is 1. The van der Waals surface area contributed by atoms with Crippen molar-refractivity contribution in [1.82, 2.24) is 15.2 Å². The minimum absolute atomic E-state index is 0.0505. The minimum Gasteiger partial charge on any atom is -0.351 e. The van der Waals surface area contributed by atoms with E-state index in [2.05, 4.69) is 10.3 Å². The van der Waals surface area contributed by atoms with Crippen LogP contribution in [0, 0.1) is 11.6 Å². The Morgan fingerprint density at radius 3 is 2.77 bits per heavy atom. The predicted octanol–water partition coefficient (Wildman–Crippen LogP) is 4.76. The van der Waals surface area contributed by atoms with Gasteiger partial charge >= 0.3 is 0 Å². The summed E-state index contributed by atoms with van der Waals surface area (Å²) in [6.07, 6.45) is 3.92. The van der Waals surface area contributed by atoms with E-state index in [4.69, 9.17) is 0 Å². The van der Waals surface area contributed by atoms with E-state index in [1.165, 1.54) is 18.2 Å². The molecule has 0 spiro atoms. The first kappa shape index (κ1) is 19.2. The molecule has 6 heteroatoms. The van der Waals surface area contributed by atoms with E-state index in [1.807, 2.05) is 17.9 Å². The molecule has 156 valence electrons. The molecule has 0 aliphatic heterocycles. The number of nitrogens with one attached hydrogen (secondary N) is 2. The predicted molar refractivity (Wildman–Crippen MR) is 112 cm³/mol. The molecule has 1 heterocycles. The Hall–Kier alpha value is -2.73. The molecule has 0 unspecified atom stereocenters. The second-order valence-corrected chi connectivity index (χ2v) is 8.59. The molecule has 0 saturated heterocycles. The van der Waals surface area contributed by atoms with Crippen molar-refractivity contribution >= 4 is 16.8 Å². The van der Waals surface area contributed by atoms with Crippen molar-refractivity contribution in [2.45, 2.75) is 50.2 Å². The molecule has 2 saturated carbocycles. The number of nitrogens with zero attached hydrogens (tertiary/aromatic N) is 1. The van der Waals surface area contributed by atoms with Gasteiger partial charge in [-0.05, 0) is 74.6 Å². The highest BCUT2D eigenvalue weighted by molar-refractivity contribution is 5.98. The molecule has 0 radical (unpaired) electrons. The van der Waals surface area contributed by atoms with Gasteiger partial charge in [0.1, 0.15) is 17.3 Å². The maximum Gasteiger partial charge on any atom is 0.270 e. The van der Waals surface area contributed by atoms with E-state index in [1.54, 1.807) is 24.3 Å². The van der Waals surface area contributed by atoms with Gasteiger partial charge in [0.25, 0.3) is 5.91 Å². The van der Waals surface area contributed by atoms with Crippen molar-refractivity contribution in [3.63, 3.8) is 0 Å². The van der Waals surface area contributed by atoms with Gasteiger partial charge in [-0.1, -0.05) is 12.1 Å². The van der Waals surface area contributed by atoms with Crippen LogP contribution in [0.4, 0.5) is 8.78 Å². The zero-order valence-corrected chi connectivity index (χ0v) is 17.0. The molecular formula is C24H25F2N3O. The number of halogens is 2. The third-order valence-electron chi connectivity index (χ3n) is 6.97. The Balaban J connectivity index is 1.38. The molecule has 0 bridgehead atoms. The molecule has 5 rings (SSSR count). The number of rotatable bonds is 6. The number of carbonyl (C=O) groups excluding carboxylic acids is 1. The number of hydrogen-bond donors (Lipinski definition) is 2. The summed E-state index contributed by atoms with van der Waals surface area (Å²) in [6.45, 7) is 3.19. The second-order valence-electron chi connectivity index (χ2n) is 8.59.